The van der Waals surface area contributed by atoms with Gasteiger partial charge in [0.1, 0.15) is 18.7 Å². The molecular weight excluding hydrogens is 412 g/mol. The van der Waals surface area contributed by atoms with Crippen LogP contribution >= 0.6 is 11.3 Å². The smallest absolute Gasteiger partial charge is 0.225 e. The Kier molecular flexibility index (Phi) is 6.46. The largest absolute Gasteiger partial charge is 0.487 e. The van der Waals surface area contributed by atoms with Crippen molar-refractivity contribution in [2.75, 3.05) is 23.0 Å². The van der Waals surface area contributed by atoms with Crippen LogP contribution in [0.15, 0.2) is 47.3 Å². The lowest BCUT2D eigenvalue weighted by Crippen LogP contribution is -2.34. The number of hydrogen-bond donors (Lipinski definition) is 2. The Morgan fingerprint density at radius 1 is 1.23 bits per heavy atom. The van der Waals surface area contributed by atoms with Crippen LogP contribution in [0.5, 0.6) is 5.75 Å². The average molecular weight is 437 g/mol. The molecule has 3 heterocycles. The van der Waals surface area contributed by atoms with Gasteiger partial charge in [0.05, 0.1) is 16.4 Å². The van der Waals surface area contributed by atoms with E-state index in [1.165, 1.54) is 0 Å². The third-order valence-corrected chi connectivity index (χ3v) is 6.24. The predicted octanol–water partition coefficient (Wildman–Crippen LogP) is 4.56. The van der Waals surface area contributed by atoms with Crippen LogP contribution in [0, 0.1) is 17.9 Å². The van der Waals surface area contributed by atoms with E-state index in [0.717, 1.165) is 59.5 Å². The van der Waals surface area contributed by atoms with Gasteiger partial charge in [-0.25, -0.2) is 20.0 Å². The summed E-state index contributed by atoms with van der Waals surface area (Å²) >= 11 is 1.70. The van der Waals surface area contributed by atoms with Crippen molar-refractivity contribution in [1.29, 1.82) is 10.9 Å². The topological polar surface area (TPSA) is 114 Å². The highest BCUT2D eigenvalue weighted by molar-refractivity contribution is 7.09. The lowest BCUT2D eigenvalue weighted by molar-refractivity contribution is 0.301. The van der Waals surface area contributed by atoms with Crippen molar-refractivity contribution < 1.29 is 4.74 Å². The van der Waals surface area contributed by atoms with Crippen LogP contribution in [0.3, 0.4) is 0 Å². The number of ether oxygens (including phenoxy) is 1. The van der Waals surface area contributed by atoms with E-state index in [2.05, 4.69) is 25.5 Å². The Balaban J connectivity index is 1.29. The summed E-state index contributed by atoms with van der Waals surface area (Å²) in [5.74, 6) is 1.98. The van der Waals surface area contributed by atoms with Gasteiger partial charge in [-0.05, 0) is 49.6 Å². The summed E-state index contributed by atoms with van der Waals surface area (Å²) in [6.07, 6.45) is 6.79. The molecule has 0 unspecified atom stereocenters. The van der Waals surface area contributed by atoms with Crippen LogP contribution in [-0.2, 0) is 6.61 Å². The summed E-state index contributed by atoms with van der Waals surface area (Å²) in [7, 11) is 0. The van der Waals surface area contributed by atoms with Gasteiger partial charge < -0.3 is 9.64 Å². The zero-order valence-electron chi connectivity index (χ0n) is 17.2. The minimum atomic E-state index is 0.406. The number of piperidine rings is 1. The number of aromatic nitrogens is 3. The molecular formula is C21H24N8OS. The Morgan fingerprint density at radius 2 is 1.94 bits per heavy atom. The SMILES string of the molecule is Cc1cnc(N2CCC(c3nc(COc4ccc(N(C=N)N=N)cc4)cs3)CC2)nc1. The fraction of sp³-hybridized carbons (Fsp3) is 0.333. The van der Waals surface area contributed by atoms with Gasteiger partial charge in [-0.15, -0.1) is 11.3 Å². The molecule has 1 saturated heterocycles. The highest BCUT2D eigenvalue weighted by Gasteiger charge is 2.24. The van der Waals surface area contributed by atoms with Gasteiger partial charge in [0.2, 0.25) is 5.95 Å². The Labute approximate surface area is 184 Å². The average Bonchev–Trinajstić information content (AvgIpc) is 3.29. The summed E-state index contributed by atoms with van der Waals surface area (Å²) in [4.78, 5) is 15.9. The number of thiazole rings is 1. The Bertz CT molecular complexity index is 1000. The van der Waals surface area contributed by atoms with Gasteiger partial charge in [0.25, 0.3) is 0 Å². The highest BCUT2D eigenvalue weighted by atomic mass is 32.1. The van der Waals surface area contributed by atoms with E-state index >= 15 is 0 Å². The first-order valence-electron chi connectivity index (χ1n) is 10.0. The lowest BCUT2D eigenvalue weighted by atomic mass is 9.98. The van der Waals surface area contributed by atoms with Crippen molar-refractivity contribution in [3.8, 4) is 5.75 Å². The van der Waals surface area contributed by atoms with Crippen molar-refractivity contribution in [3.63, 3.8) is 0 Å². The standard InChI is InChI=1S/C21H24N8OS/c1-15-10-24-21(25-11-15)28-8-6-16(7-9-28)20-26-17(13-31-20)12-30-19-4-2-18(3-5-19)29(14-22)27-23/h2-5,10-11,13-14,16,22-23H,6-9,12H2,1H3. The molecule has 0 radical (unpaired) electrons. The molecule has 0 saturated carbocycles. The summed E-state index contributed by atoms with van der Waals surface area (Å²) in [5.41, 5.74) is 9.68. The molecule has 10 heteroatoms. The molecule has 2 aromatic heterocycles. The normalized spacial score (nSPS) is 14.3. The zero-order chi connectivity index (χ0) is 21.6. The summed E-state index contributed by atoms with van der Waals surface area (Å²) < 4.78 is 5.85. The van der Waals surface area contributed by atoms with Gasteiger partial charge in [0.15, 0.2) is 0 Å². The molecule has 1 aliphatic rings. The van der Waals surface area contributed by atoms with Gasteiger partial charge >= 0.3 is 0 Å². The van der Waals surface area contributed by atoms with Crippen molar-refractivity contribution in [3.05, 3.63) is 58.3 Å². The quantitative estimate of drug-likeness (QED) is 0.231. The summed E-state index contributed by atoms with van der Waals surface area (Å²) in [6, 6.07) is 7.12. The molecule has 1 aliphatic heterocycles. The number of nitrogens with one attached hydrogen (secondary N) is 2. The van der Waals surface area contributed by atoms with Crippen molar-refractivity contribution in [2.24, 2.45) is 5.22 Å². The van der Waals surface area contributed by atoms with Gasteiger partial charge in [-0.3, -0.25) is 5.41 Å². The number of hydrogen-bond acceptors (Lipinski definition) is 9. The minimum absolute atomic E-state index is 0.406. The molecule has 4 rings (SSSR count). The number of nitrogens with zero attached hydrogens (tertiary/aromatic N) is 6. The second kappa shape index (κ2) is 9.61. The summed E-state index contributed by atoms with van der Waals surface area (Å²) in [5, 5.41) is 14.9. The van der Waals surface area contributed by atoms with E-state index in [-0.39, 0.29) is 0 Å². The maximum atomic E-state index is 7.23. The van der Waals surface area contributed by atoms with Gasteiger partial charge in [0, 0.05) is 36.8 Å². The molecule has 0 spiro atoms. The van der Waals surface area contributed by atoms with E-state index in [9.17, 15) is 0 Å². The van der Waals surface area contributed by atoms with Crippen molar-refractivity contribution in [1.82, 2.24) is 15.0 Å². The molecule has 2 N–H and O–H groups in total. The predicted molar refractivity (Wildman–Crippen MR) is 120 cm³/mol. The van der Waals surface area contributed by atoms with Crippen LogP contribution in [0.4, 0.5) is 11.6 Å². The fourth-order valence-electron chi connectivity index (χ4n) is 3.47. The molecule has 3 aromatic rings. The Morgan fingerprint density at radius 3 is 2.58 bits per heavy atom. The molecule has 0 atom stereocenters. The Hall–Kier alpha value is -3.40. The second-order valence-corrected chi connectivity index (χ2v) is 8.24. The molecule has 0 aliphatic carbocycles. The monoisotopic (exact) mass is 436 g/mol. The number of benzene rings is 1. The second-order valence-electron chi connectivity index (χ2n) is 7.36. The van der Waals surface area contributed by atoms with E-state index in [1.54, 1.807) is 35.6 Å². The fourth-order valence-corrected chi connectivity index (χ4v) is 4.44. The first kappa shape index (κ1) is 20.9. The van der Waals surface area contributed by atoms with E-state index < -0.39 is 0 Å². The van der Waals surface area contributed by atoms with Gasteiger partial charge in [-0.1, -0.05) is 5.22 Å². The highest BCUT2D eigenvalue weighted by Crippen LogP contribution is 2.31. The van der Waals surface area contributed by atoms with Crippen LogP contribution in [0.1, 0.15) is 35.0 Å². The minimum Gasteiger partial charge on any atom is -0.487 e. The first-order chi connectivity index (χ1) is 15.2. The molecule has 31 heavy (non-hydrogen) atoms. The molecule has 1 aromatic carbocycles. The van der Waals surface area contributed by atoms with Crippen molar-refractivity contribution >= 4 is 29.3 Å². The van der Waals surface area contributed by atoms with E-state index in [0.29, 0.717) is 24.0 Å². The van der Waals surface area contributed by atoms with E-state index in [4.69, 9.17) is 20.7 Å². The van der Waals surface area contributed by atoms with Crippen LogP contribution in [-0.4, -0.2) is 34.4 Å². The number of rotatable bonds is 8. The van der Waals surface area contributed by atoms with E-state index in [1.807, 2.05) is 19.3 Å². The molecule has 1 fully saturated rings. The molecule has 0 amide bonds. The zero-order valence-corrected chi connectivity index (χ0v) is 18.0. The molecule has 9 nitrogen and oxygen atoms in total. The van der Waals surface area contributed by atoms with Crippen molar-refractivity contribution in [2.45, 2.75) is 32.3 Å². The third kappa shape index (κ3) is 5.02. The molecule has 160 valence electrons. The van der Waals surface area contributed by atoms with Crippen LogP contribution in [0.25, 0.3) is 0 Å². The third-order valence-electron chi connectivity index (χ3n) is 5.18. The molecule has 0 bridgehead atoms. The van der Waals surface area contributed by atoms with Crippen LogP contribution < -0.4 is 14.6 Å². The van der Waals surface area contributed by atoms with Gasteiger partial charge in [-0.2, -0.15) is 5.53 Å². The maximum Gasteiger partial charge on any atom is 0.225 e. The first-order valence-corrected chi connectivity index (χ1v) is 10.9. The van der Waals surface area contributed by atoms with Crippen LogP contribution in [0.2, 0.25) is 0 Å². The summed E-state index contributed by atoms with van der Waals surface area (Å²) in [6.45, 7) is 4.27. The lowest BCUT2D eigenvalue weighted by Gasteiger charge is -2.31. The number of anilines is 2. The maximum absolute atomic E-state index is 7.23. The number of aryl methyl sites for hydroxylation is 1.